The predicted molar refractivity (Wildman–Crippen MR) is 113 cm³/mol. The highest BCUT2D eigenvalue weighted by Crippen LogP contribution is 2.41. The van der Waals surface area contributed by atoms with Gasteiger partial charge in [0, 0.05) is 5.41 Å². The Morgan fingerprint density at radius 3 is 2.35 bits per heavy atom. The van der Waals surface area contributed by atoms with Gasteiger partial charge in [-0.2, -0.15) is 0 Å². The second kappa shape index (κ2) is 8.72. The number of rotatable bonds is 5. The minimum absolute atomic E-state index is 0.0573. The second-order valence-corrected chi connectivity index (χ2v) is 9.71. The van der Waals surface area contributed by atoms with Crippen molar-refractivity contribution in [3.05, 3.63) is 47.6 Å². The van der Waals surface area contributed by atoms with Gasteiger partial charge in [-0.05, 0) is 57.4 Å². The Bertz CT molecular complexity index is 578. The summed E-state index contributed by atoms with van der Waals surface area (Å²) in [5, 5.41) is 0. The topological polar surface area (TPSA) is 0 Å². The number of hydrogen-bond acceptors (Lipinski definition) is 0. The van der Waals surface area contributed by atoms with E-state index < -0.39 is 5.67 Å². The first-order chi connectivity index (χ1) is 12.1. The first-order valence-electron chi connectivity index (χ1n) is 10.5. The van der Waals surface area contributed by atoms with Gasteiger partial charge in [0.05, 0.1) is 0 Å². The molecule has 0 aromatic rings. The molecule has 1 heteroatoms. The highest BCUT2D eigenvalue weighted by Gasteiger charge is 2.33. The van der Waals surface area contributed by atoms with Crippen molar-refractivity contribution in [1.82, 2.24) is 0 Å². The van der Waals surface area contributed by atoms with Gasteiger partial charge in [-0.25, -0.2) is 4.39 Å². The maximum atomic E-state index is 13.4. The lowest BCUT2D eigenvalue weighted by Crippen LogP contribution is -2.25. The van der Waals surface area contributed by atoms with Crippen LogP contribution in [0.3, 0.4) is 0 Å². The molecule has 0 nitrogen and oxygen atoms in total. The summed E-state index contributed by atoms with van der Waals surface area (Å²) in [6.45, 7) is 13.9. The zero-order chi connectivity index (χ0) is 19.4. The monoisotopic (exact) mass is 358 g/mol. The van der Waals surface area contributed by atoms with Crippen molar-refractivity contribution >= 4 is 0 Å². The first-order valence-corrected chi connectivity index (χ1v) is 10.5. The molecule has 146 valence electrons. The van der Waals surface area contributed by atoms with E-state index in [4.69, 9.17) is 0 Å². The van der Waals surface area contributed by atoms with Crippen LogP contribution in [-0.2, 0) is 0 Å². The molecule has 0 aliphatic heterocycles. The fraction of sp³-hybridized carbons (Fsp3) is 0.680. The van der Waals surface area contributed by atoms with Crippen LogP contribution >= 0.6 is 0 Å². The Morgan fingerprint density at radius 1 is 1.27 bits per heavy atom. The highest BCUT2D eigenvalue weighted by atomic mass is 19.1. The summed E-state index contributed by atoms with van der Waals surface area (Å²) in [6.07, 6.45) is 18.9. The molecule has 0 bridgehead atoms. The minimum Gasteiger partial charge on any atom is -0.244 e. The number of alkyl halides is 1. The van der Waals surface area contributed by atoms with Crippen LogP contribution in [0.2, 0.25) is 0 Å². The maximum absolute atomic E-state index is 13.4. The van der Waals surface area contributed by atoms with Crippen LogP contribution in [0.4, 0.5) is 4.39 Å². The molecule has 1 saturated carbocycles. The van der Waals surface area contributed by atoms with Gasteiger partial charge in [-0.3, -0.25) is 0 Å². The maximum Gasteiger partial charge on any atom is 0.106 e. The van der Waals surface area contributed by atoms with E-state index in [9.17, 15) is 4.39 Å². The summed E-state index contributed by atoms with van der Waals surface area (Å²) in [4.78, 5) is 0. The van der Waals surface area contributed by atoms with Crippen LogP contribution in [0.25, 0.3) is 0 Å². The predicted octanol–water partition coefficient (Wildman–Crippen LogP) is 8.13. The molecule has 0 radical (unpaired) electrons. The van der Waals surface area contributed by atoms with Crippen molar-refractivity contribution in [3.63, 3.8) is 0 Å². The van der Waals surface area contributed by atoms with Crippen molar-refractivity contribution in [1.29, 1.82) is 0 Å². The van der Waals surface area contributed by atoms with Crippen LogP contribution in [0, 0.1) is 17.3 Å². The average molecular weight is 359 g/mol. The van der Waals surface area contributed by atoms with Crippen LogP contribution in [0.1, 0.15) is 86.0 Å². The van der Waals surface area contributed by atoms with Gasteiger partial charge < -0.3 is 0 Å². The van der Waals surface area contributed by atoms with E-state index in [1.54, 1.807) is 19.4 Å². The quantitative estimate of drug-likeness (QED) is 0.465. The van der Waals surface area contributed by atoms with Crippen molar-refractivity contribution in [3.8, 4) is 0 Å². The Morgan fingerprint density at radius 2 is 1.88 bits per heavy atom. The van der Waals surface area contributed by atoms with Crippen molar-refractivity contribution < 1.29 is 4.39 Å². The molecule has 3 aliphatic rings. The molecule has 0 N–H and O–H groups in total. The van der Waals surface area contributed by atoms with E-state index in [1.807, 2.05) is 6.08 Å². The molecule has 2 atom stereocenters. The summed E-state index contributed by atoms with van der Waals surface area (Å²) < 4.78 is 13.4. The average Bonchev–Trinajstić information content (AvgIpc) is 2.82. The van der Waals surface area contributed by atoms with Crippen molar-refractivity contribution in [2.45, 2.75) is 91.7 Å². The van der Waals surface area contributed by atoms with E-state index in [0.717, 1.165) is 11.8 Å². The van der Waals surface area contributed by atoms with E-state index in [1.165, 1.54) is 56.1 Å². The molecule has 26 heavy (non-hydrogen) atoms. The van der Waals surface area contributed by atoms with Gasteiger partial charge in [-0.1, -0.05) is 88.0 Å². The Labute approximate surface area is 161 Å². The molecular formula is C25H39F. The largest absolute Gasteiger partial charge is 0.244 e. The Hall–Kier alpha value is -1.11. The third-order valence-electron chi connectivity index (χ3n) is 6.24. The van der Waals surface area contributed by atoms with Gasteiger partial charge in [0.2, 0.25) is 0 Å². The Balaban J connectivity index is 0.000000190. The molecule has 0 heterocycles. The van der Waals surface area contributed by atoms with E-state index >= 15 is 0 Å². The van der Waals surface area contributed by atoms with Crippen LogP contribution in [0.15, 0.2) is 47.6 Å². The van der Waals surface area contributed by atoms with Crippen LogP contribution < -0.4 is 0 Å². The number of hydrogen-bond donors (Lipinski definition) is 0. The van der Waals surface area contributed by atoms with Gasteiger partial charge in [0.15, 0.2) is 0 Å². The first kappa shape index (κ1) is 21.2. The molecule has 3 aliphatic carbocycles. The van der Waals surface area contributed by atoms with E-state index in [2.05, 4.69) is 45.6 Å². The van der Waals surface area contributed by atoms with Gasteiger partial charge in [0.25, 0.3) is 0 Å². The molecule has 0 aromatic carbocycles. The zero-order valence-corrected chi connectivity index (χ0v) is 17.7. The molecular weight excluding hydrogens is 319 g/mol. The molecule has 0 spiro atoms. The van der Waals surface area contributed by atoms with Gasteiger partial charge >= 0.3 is 0 Å². The molecule has 0 aromatic heterocycles. The van der Waals surface area contributed by atoms with Gasteiger partial charge in [-0.15, -0.1) is 0 Å². The fourth-order valence-corrected chi connectivity index (χ4v) is 4.59. The van der Waals surface area contributed by atoms with Gasteiger partial charge in [0.1, 0.15) is 5.67 Å². The Kier molecular flexibility index (Phi) is 7.11. The summed E-state index contributed by atoms with van der Waals surface area (Å²) in [6, 6.07) is 0. The number of allylic oxidation sites excluding steroid dienone is 7. The third-order valence-corrected chi connectivity index (χ3v) is 6.24. The molecule has 2 unspecified atom stereocenters. The summed E-state index contributed by atoms with van der Waals surface area (Å²) in [7, 11) is 0. The zero-order valence-electron chi connectivity index (χ0n) is 17.7. The van der Waals surface area contributed by atoms with E-state index in [-0.39, 0.29) is 5.41 Å². The van der Waals surface area contributed by atoms with Crippen molar-refractivity contribution in [2.24, 2.45) is 17.3 Å². The normalized spacial score (nSPS) is 28.6. The van der Waals surface area contributed by atoms with Crippen LogP contribution in [0.5, 0.6) is 0 Å². The smallest absolute Gasteiger partial charge is 0.106 e. The molecule has 1 fully saturated rings. The highest BCUT2D eigenvalue weighted by molar-refractivity contribution is 5.35. The lowest BCUT2D eigenvalue weighted by molar-refractivity contribution is 0.160. The molecule has 0 amide bonds. The molecule has 3 rings (SSSR count). The molecule has 0 saturated heterocycles. The third kappa shape index (κ3) is 6.25. The van der Waals surface area contributed by atoms with Crippen LogP contribution in [-0.4, -0.2) is 5.67 Å². The lowest BCUT2D eigenvalue weighted by Gasteiger charge is -2.29. The minimum atomic E-state index is -1.08. The summed E-state index contributed by atoms with van der Waals surface area (Å²) in [5.74, 6) is 1.76. The summed E-state index contributed by atoms with van der Waals surface area (Å²) in [5.41, 5.74) is 3.11. The lowest BCUT2D eigenvalue weighted by atomic mass is 9.77. The standard InChI is InChI=1S/C14H22.C11H17F/c1-11-8-14(9-11)12(2)10-13-6-4-3-5-7-13;1-9-6-5-7-11(9,4)8-10(2,3)12/h8,11,13H,2-7,9-10H2,1H3;5-7H,8H2,1-4H3. The second-order valence-electron chi connectivity index (χ2n) is 9.71. The fourth-order valence-electron chi connectivity index (χ4n) is 4.59. The van der Waals surface area contributed by atoms with E-state index in [0.29, 0.717) is 6.42 Å². The summed E-state index contributed by atoms with van der Waals surface area (Å²) >= 11 is 0. The SMILES string of the molecule is C=C(CC1CCCCC1)C1=CC(C)C1.CC1=CC=CC1(C)CC(C)(C)F. The van der Waals surface area contributed by atoms with Crippen molar-refractivity contribution in [2.75, 3.05) is 0 Å². The number of halogens is 1.